The average molecular weight is 243 g/mol. The lowest BCUT2D eigenvalue weighted by Crippen LogP contribution is -2.14. The molecule has 1 saturated heterocycles. The monoisotopic (exact) mass is 243 g/mol. The van der Waals surface area contributed by atoms with Crippen molar-refractivity contribution in [2.45, 2.75) is 18.9 Å². The van der Waals surface area contributed by atoms with Crippen LogP contribution in [0.15, 0.2) is 30.5 Å². The van der Waals surface area contributed by atoms with Crippen molar-refractivity contribution in [2.24, 2.45) is 0 Å². The quantitative estimate of drug-likeness (QED) is 0.870. The van der Waals surface area contributed by atoms with Crippen LogP contribution in [-0.2, 0) is 0 Å². The first kappa shape index (κ1) is 11.3. The zero-order chi connectivity index (χ0) is 12.4. The minimum Gasteiger partial charge on any atom is -0.497 e. The van der Waals surface area contributed by atoms with Crippen molar-refractivity contribution in [1.82, 2.24) is 15.5 Å². The van der Waals surface area contributed by atoms with Crippen LogP contribution in [0.25, 0.3) is 11.1 Å². The maximum absolute atomic E-state index is 5.27. The summed E-state index contributed by atoms with van der Waals surface area (Å²) in [5, 5.41) is 10.8. The molecule has 1 aromatic carbocycles. The molecule has 4 nitrogen and oxygen atoms in total. The van der Waals surface area contributed by atoms with Crippen molar-refractivity contribution in [2.75, 3.05) is 13.7 Å². The van der Waals surface area contributed by atoms with E-state index < -0.39 is 0 Å². The summed E-state index contributed by atoms with van der Waals surface area (Å²) in [6, 6.07) is 8.49. The maximum Gasteiger partial charge on any atom is 0.119 e. The zero-order valence-electron chi connectivity index (χ0n) is 10.4. The van der Waals surface area contributed by atoms with Crippen LogP contribution in [0.2, 0.25) is 0 Å². The summed E-state index contributed by atoms with van der Waals surface area (Å²) in [6.45, 7) is 1.08. The fourth-order valence-electron chi connectivity index (χ4n) is 2.51. The molecule has 0 saturated carbocycles. The number of aromatic amines is 1. The largest absolute Gasteiger partial charge is 0.497 e. The second-order valence-corrected chi connectivity index (χ2v) is 4.58. The predicted molar refractivity (Wildman–Crippen MR) is 70.6 cm³/mol. The smallest absolute Gasteiger partial charge is 0.119 e. The topological polar surface area (TPSA) is 49.9 Å². The van der Waals surface area contributed by atoms with Crippen molar-refractivity contribution < 1.29 is 4.74 Å². The number of rotatable bonds is 3. The van der Waals surface area contributed by atoms with E-state index in [1.54, 1.807) is 7.11 Å². The molecule has 1 aliphatic rings. The molecule has 0 unspecified atom stereocenters. The zero-order valence-corrected chi connectivity index (χ0v) is 10.4. The molecular weight excluding hydrogens is 226 g/mol. The number of ether oxygens (including phenoxy) is 1. The van der Waals surface area contributed by atoms with Gasteiger partial charge in [0.1, 0.15) is 5.75 Å². The average Bonchev–Trinajstić information content (AvgIpc) is 3.09. The Kier molecular flexibility index (Phi) is 3.02. The molecule has 2 aromatic rings. The van der Waals surface area contributed by atoms with Gasteiger partial charge in [-0.3, -0.25) is 5.10 Å². The molecule has 2 heterocycles. The van der Waals surface area contributed by atoms with Crippen LogP contribution in [0.1, 0.15) is 24.6 Å². The van der Waals surface area contributed by atoms with E-state index >= 15 is 0 Å². The molecule has 0 spiro atoms. The normalized spacial score (nSPS) is 19.1. The van der Waals surface area contributed by atoms with E-state index in [2.05, 4.69) is 21.6 Å². The van der Waals surface area contributed by atoms with Crippen LogP contribution < -0.4 is 10.1 Å². The summed E-state index contributed by atoms with van der Waals surface area (Å²) < 4.78 is 5.27. The van der Waals surface area contributed by atoms with Crippen LogP contribution in [-0.4, -0.2) is 23.9 Å². The number of methoxy groups -OCH3 is 1. The van der Waals surface area contributed by atoms with Gasteiger partial charge < -0.3 is 10.1 Å². The van der Waals surface area contributed by atoms with Crippen LogP contribution in [0, 0.1) is 0 Å². The van der Waals surface area contributed by atoms with Gasteiger partial charge in [0.15, 0.2) is 0 Å². The number of hydrogen-bond acceptors (Lipinski definition) is 3. The van der Waals surface area contributed by atoms with Gasteiger partial charge in [0.05, 0.1) is 19.0 Å². The number of benzene rings is 1. The molecule has 4 heteroatoms. The number of H-pyrrole nitrogens is 1. The Morgan fingerprint density at radius 2 is 2.33 bits per heavy atom. The summed E-state index contributed by atoms with van der Waals surface area (Å²) in [7, 11) is 1.69. The fraction of sp³-hybridized carbons (Fsp3) is 0.357. The van der Waals surface area contributed by atoms with Crippen molar-refractivity contribution in [3.8, 4) is 16.9 Å². The summed E-state index contributed by atoms with van der Waals surface area (Å²) in [5.74, 6) is 0.874. The Bertz CT molecular complexity index is 529. The fourth-order valence-corrected chi connectivity index (χ4v) is 2.51. The van der Waals surface area contributed by atoms with Gasteiger partial charge in [0.2, 0.25) is 0 Å². The lowest BCUT2D eigenvalue weighted by Gasteiger charge is -2.11. The van der Waals surface area contributed by atoms with Gasteiger partial charge in [-0.15, -0.1) is 0 Å². The first-order chi connectivity index (χ1) is 8.88. The van der Waals surface area contributed by atoms with E-state index in [1.165, 1.54) is 18.5 Å². The summed E-state index contributed by atoms with van der Waals surface area (Å²) in [5.41, 5.74) is 3.49. The van der Waals surface area contributed by atoms with Gasteiger partial charge in [-0.2, -0.15) is 5.10 Å². The lowest BCUT2D eigenvalue weighted by atomic mass is 10.0. The second kappa shape index (κ2) is 4.82. The highest BCUT2D eigenvalue weighted by Gasteiger charge is 2.21. The molecule has 18 heavy (non-hydrogen) atoms. The number of hydrogen-bond donors (Lipinski definition) is 2. The molecular formula is C14H17N3O. The molecule has 1 aromatic heterocycles. The lowest BCUT2D eigenvalue weighted by molar-refractivity contribution is 0.415. The Labute approximate surface area is 106 Å². The Morgan fingerprint density at radius 1 is 1.39 bits per heavy atom. The van der Waals surface area contributed by atoms with Crippen LogP contribution >= 0.6 is 0 Å². The minimum absolute atomic E-state index is 0.397. The van der Waals surface area contributed by atoms with E-state index in [-0.39, 0.29) is 0 Å². The standard InChI is InChI=1S/C14H17N3O/c1-18-11-5-2-4-10(8-11)12-9-16-17-14(12)13-6-3-7-15-13/h2,4-5,8-9,13,15H,3,6-7H2,1H3,(H,16,17)/t13-/m1/s1. The molecule has 0 aliphatic carbocycles. The second-order valence-electron chi connectivity index (χ2n) is 4.58. The van der Waals surface area contributed by atoms with Crippen molar-refractivity contribution in [1.29, 1.82) is 0 Å². The van der Waals surface area contributed by atoms with Gasteiger partial charge in [-0.25, -0.2) is 0 Å². The first-order valence-corrected chi connectivity index (χ1v) is 6.29. The number of nitrogens with one attached hydrogen (secondary N) is 2. The van der Waals surface area contributed by atoms with E-state index in [0.717, 1.165) is 23.4 Å². The number of nitrogens with zero attached hydrogens (tertiary/aromatic N) is 1. The molecule has 1 aliphatic heterocycles. The van der Waals surface area contributed by atoms with Gasteiger partial charge in [-0.05, 0) is 37.1 Å². The molecule has 1 fully saturated rings. The molecule has 0 radical (unpaired) electrons. The molecule has 94 valence electrons. The SMILES string of the molecule is COc1cccc(-c2cn[nH]c2[C@H]2CCCN2)c1. The van der Waals surface area contributed by atoms with E-state index in [0.29, 0.717) is 6.04 Å². The number of aromatic nitrogens is 2. The highest BCUT2D eigenvalue weighted by atomic mass is 16.5. The van der Waals surface area contributed by atoms with Gasteiger partial charge >= 0.3 is 0 Å². The molecule has 0 amide bonds. The van der Waals surface area contributed by atoms with Crippen LogP contribution in [0.3, 0.4) is 0 Å². The Morgan fingerprint density at radius 3 is 3.11 bits per heavy atom. The first-order valence-electron chi connectivity index (χ1n) is 6.29. The third-order valence-corrected chi connectivity index (χ3v) is 3.46. The molecule has 3 rings (SSSR count). The van der Waals surface area contributed by atoms with Crippen molar-refractivity contribution >= 4 is 0 Å². The maximum atomic E-state index is 5.27. The Balaban J connectivity index is 1.98. The van der Waals surface area contributed by atoms with E-state index in [1.807, 2.05) is 24.4 Å². The van der Waals surface area contributed by atoms with Crippen LogP contribution in [0.4, 0.5) is 0 Å². The minimum atomic E-state index is 0.397. The predicted octanol–water partition coefficient (Wildman–Crippen LogP) is 2.51. The highest BCUT2D eigenvalue weighted by Crippen LogP contribution is 2.32. The summed E-state index contributed by atoms with van der Waals surface area (Å²) in [6.07, 6.45) is 4.28. The molecule has 0 bridgehead atoms. The summed E-state index contributed by atoms with van der Waals surface area (Å²) >= 11 is 0. The Hall–Kier alpha value is -1.81. The molecule has 1 atom stereocenters. The third kappa shape index (κ3) is 1.99. The van der Waals surface area contributed by atoms with Crippen molar-refractivity contribution in [3.05, 3.63) is 36.2 Å². The summed E-state index contributed by atoms with van der Waals surface area (Å²) in [4.78, 5) is 0. The van der Waals surface area contributed by atoms with E-state index in [9.17, 15) is 0 Å². The van der Waals surface area contributed by atoms with Gasteiger partial charge in [-0.1, -0.05) is 12.1 Å². The van der Waals surface area contributed by atoms with E-state index in [4.69, 9.17) is 4.74 Å². The third-order valence-electron chi connectivity index (χ3n) is 3.46. The van der Waals surface area contributed by atoms with Crippen molar-refractivity contribution in [3.63, 3.8) is 0 Å². The van der Waals surface area contributed by atoms with Gasteiger partial charge in [0, 0.05) is 11.6 Å². The highest BCUT2D eigenvalue weighted by molar-refractivity contribution is 5.67. The van der Waals surface area contributed by atoms with Gasteiger partial charge in [0.25, 0.3) is 0 Å². The van der Waals surface area contributed by atoms with Crippen LogP contribution in [0.5, 0.6) is 5.75 Å². The molecule has 2 N–H and O–H groups in total.